The van der Waals surface area contributed by atoms with Gasteiger partial charge in [-0.15, -0.1) is 0 Å². The number of rotatable bonds is 1. The first kappa shape index (κ1) is 13.4. The zero-order valence-electron chi connectivity index (χ0n) is 7.30. The lowest BCUT2D eigenvalue weighted by Gasteiger charge is -1.99. The van der Waals surface area contributed by atoms with Crippen LogP contribution in [0.4, 0.5) is 0 Å². The van der Waals surface area contributed by atoms with E-state index in [0.717, 1.165) is 13.6 Å². The van der Waals surface area contributed by atoms with Crippen molar-refractivity contribution in [2.75, 3.05) is 6.61 Å². The predicted molar refractivity (Wildman–Crippen MR) is 65.5 cm³/mol. The van der Waals surface area contributed by atoms with Crippen molar-refractivity contribution in [1.29, 1.82) is 0 Å². The molecule has 0 aromatic heterocycles. The van der Waals surface area contributed by atoms with E-state index in [1.807, 2.05) is 18.2 Å². The molecule has 0 fully saturated rings. The molecule has 0 spiro atoms. The third-order valence-electron chi connectivity index (χ3n) is 1.18. The molecule has 0 aliphatic rings. The normalized spacial score (nSPS) is 9.00. The molecule has 0 aliphatic heterocycles. The number of benzene rings is 1. The Kier molecular flexibility index (Phi) is 7.93. The van der Waals surface area contributed by atoms with Crippen molar-refractivity contribution < 1.29 is 10.2 Å². The van der Waals surface area contributed by atoms with Crippen LogP contribution in [0.1, 0.15) is 12.5 Å². The van der Waals surface area contributed by atoms with Gasteiger partial charge < -0.3 is 10.2 Å². The van der Waals surface area contributed by atoms with Crippen molar-refractivity contribution in [2.24, 2.45) is 0 Å². The van der Waals surface area contributed by atoms with E-state index in [2.05, 4.69) is 38.5 Å². The summed E-state index contributed by atoms with van der Waals surface area (Å²) in [5.41, 5.74) is 0.968. The van der Waals surface area contributed by atoms with Crippen molar-refractivity contribution in [3.05, 3.63) is 31.8 Å². The molecular weight excluding hydrogens is 347 g/mol. The molecule has 0 aliphatic carbocycles. The predicted octanol–water partition coefficient (Wildman–Crippen LogP) is 2.54. The van der Waals surface area contributed by atoms with Crippen LogP contribution in [0, 0.1) is 3.57 Å². The number of halogens is 2. The summed E-state index contributed by atoms with van der Waals surface area (Å²) < 4.78 is 2.11. The summed E-state index contributed by atoms with van der Waals surface area (Å²) in [6, 6.07) is 5.85. The first-order valence-electron chi connectivity index (χ1n) is 3.81. The maximum Gasteiger partial charge on any atom is 0.0692 e. The molecule has 13 heavy (non-hydrogen) atoms. The van der Waals surface area contributed by atoms with Crippen molar-refractivity contribution in [2.45, 2.75) is 13.5 Å². The zero-order valence-corrected chi connectivity index (χ0v) is 11.0. The summed E-state index contributed by atoms with van der Waals surface area (Å²) >= 11 is 5.52. The van der Waals surface area contributed by atoms with E-state index in [9.17, 15) is 0 Å². The van der Waals surface area contributed by atoms with Gasteiger partial charge in [-0.3, -0.25) is 0 Å². The summed E-state index contributed by atoms with van der Waals surface area (Å²) in [6.45, 7) is 2.04. The fraction of sp³-hybridized carbons (Fsp3) is 0.333. The number of hydrogen-bond donors (Lipinski definition) is 2. The first-order valence-corrected chi connectivity index (χ1v) is 5.68. The molecule has 2 nitrogen and oxygen atoms in total. The van der Waals surface area contributed by atoms with Crippen LogP contribution in [-0.2, 0) is 6.61 Å². The van der Waals surface area contributed by atoms with Crippen molar-refractivity contribution >= 4 is 38.5 Å². The Morgan fingerprint density at radius 3 is 2.31 bits per heavy atom. The first-order chi connectivity index (χ1) is 6.15. The smallest absolute Gasteiger partial charge is 0.0692 e. The van der Waals surface area contributed by atoms with Gasteiger partial charge in [0.25, 0.3) is 0 Å². The van der Waals surface area contributed by atoms with Gasteiger partial charge in [0.2, 0.25) is 0 Å². The second-order valence-corrected chi connectivity index (χ2v) is 4.29. The van der Waals surface area contributed by atoms with Crippen molar-refractivity contribution in [1.82, 2.24) is 0 Å². The van der Waals surface area contributed by atoms with Gasteiger partial charge >= 0.3 is 0 Å². The van der Waals surface area contributed by atoms with Crippen LogP contribution in [0.3, 0.4) is 0 Å². The van der Waals surface area contributed by atoms with Crippen LogP contribution >= 0.6 is 38.5 Å². The third-order valence-corrected chi connectivity index (χ3v) is 2.72. The topological polar surface area (TPSA) is 40.5 Å². The summed E-state index contributed by atoms with van der Waals surface area (Å²) in [5.74, 6) is 0. The van der Waals surface area contributed by atoms with Gasteiger partial charge in [0.05, 0.1) is 6.61 Å². The molecule has 1 rings (SSSR count). The van der Waals surface area contributed by atoms with Gasteiger partial charge in [0, 0.05) is 14.6 Å². The summed E-state index contributed by atoms with van der Waals surface area (Å²) in [7, 11) is 0. The molecule has 0 bridgehead atoms. The molecule has 4 heteroatoms. The van der Waals surface area contributed by atoms with Gasteiger partial charge in [0.1, 0.15) is 0 Å². The molecule has 0 saturated heterocycles. The maximum atomic E-state index is 8.82. The monoisotopic (exact) mass is 358 g/mol. The molecule has 2 N–H and O–H groups in total. The number of aliphatic hydroxyl groups excluding tert-OH is 2. The van der Waals surface area contributed by atoms with Gasteiger partial charge in [-0.05, 0) is 53.3 Å². The standard InChI is InChI=1S/C7H6BrIO.C2H6O/c8-6-1-2-7(9)5(3-6)4-10;1-2-3/h1-3,10H,4H2;3H,2H2,1H3. The summed E-state index contributed by atoms with van der Waals surface area (Å²) in [4.78, 5) is 0. The summed E-state index contributed by atoms with van der Waals surface area (Å²) in [5, 5.41) is 16.4. The average molecular weight is 359 g/mol. The number of hydrogen-bond acceptors (Lipinski definition) is 2. The molecule has 74 valence electrons. The average Bonchev–Trinajstić information content (AvgIpc) is 2.10. The fourth-order valence-corrected chi connectivity index (χ4v) is 1.58. The van der Waals surface area contributed by atoms with Crippen LogP contribution in [0.2, 0.25) is 0 Å². The Balaban J connectivity index is 0.000000424. The molecular formula is C9H12BrIO2. The highest BCUT2D eigenvalue weighted by molar-refractivity contribution is 14.1. The largest absolute Gasteiger partial charge is 0.397 e. The van der Waals surface area contributed by atoms with Gasteiger partial charge in [-0.25, -0.2) is 0 Å². The minimum absolute atomic E-state index is 0.109. The second-order valence-electron chi connectivity index (χ2n) is 2.21. The fourth-order valence-electron chi connectivity index (χ4n) is 0.664. The SMILES string of the molecule is CCO.OCc1cc(Br)ccc1I. The van der Waals surface area contributed by atoms with Gasteiger partial charge in [-0.1, -0.05) is 15.9 Å². The Morgan fingerprint density at radius 1 is 1.38 bits per heavy atom. The van der Waals surface area contributed by atoms with Crippen LogP contribution in [0.5, 0.6) is 0 Å². The van der Waals surface area contributed by atoms with E-state index in [-0.39, 0.29) is 13.2 Å². The van der Waals surface area contributed by atoms with E-state index >= 15 is 0 Å². The highest BCUT2D eigenvalue weighted by atomic mass is 127. The second kappa shape index (κ2) is 7.73. The van der Waals surface area contributed by atoms with E-state index in [0.29, 0.717) is 0 Å². The van der Waals surface area contributed by atoms with E-state index < -0.39 is 0 Å². The van der Waals surface area contributed by atoms with Crippen LogP contribution in [0.25, 0.3) is 0 Å². The van der Waals surface area contributed by atoms with Crippen LogP contribution in [-0.4, -0.2) is 16.8 Å². The highest BCUT2D eigenvalue weighted by Gasteiger charge is 1.96. The van der Waals surface area contributed by atoms with Crippen molar-refractivity contribution in [3.63, 3.8) is 0 Å². The van der Waals surface area contributed by atoms with Gasteiger partial charge in [0.15, 0.2) is 0 Å². The Morgan fingerprint density at radius 2 is 1.92 bits per heavy atom. The molecule has 0 atom stereocenters. The molecule has 0 radical (unpaired) electrons. The summed E-state index contributed by atoms with van der Waals surface area (Å²) in [6.07, 6.45) is 0. The lowest BCUT2D eigenvalue weighted by molar-refractivity contribution is 0.281. The van der Waals surface area contributed by atoms with Crippen LogP contribution < -0.4 is 0 Å². The maximum absolute atomic E-state index is 8.82. The number of aliphatic hydroxyl groups is 2. The van der Waals surface area contributed by atoms with E-state index in [4.69, 9.17) is 10.2 Å². The minimum Gasteiger partial charge on any atom is -0.397 e. The Labute approximate surface area is 100 Å². The van der Waals surface area contributed by atoms with E-state index in [1.54, 1.807) is 6.92 Å². The van der Waals surface area contributed by atoms with Gasteiger partial charge in [-0.2, -0.15) is 0 Å². The molecule has 1 aromatic rings. The van der Waals surface area contributed by atoms with Crippen LogP contribution in [0.15, 0.2) is 22.7 Å². The Hall–Kier alpha value is 0.350. The zero-order chi connectivity index (χ0) is 10.3. The molecule has 0 heterocycles. The molecule has 0 unspecified atom stereocenters. The van der Waals surface area contributed by atoms with E-state index in [1.165, 1.54) is 0 Å². The molecule has 1 aromatic carbocycles. The molecule has 0 amide bonds. The Bertz CT molecular complexity index is 253. The molecule has 0 saturated carbocycles. The highest BCUT2D eigenvalue weighted by Crippen LogP contribution is 2.17. The minimum atomic E-state index is 0.109. The lowest BCUT2D eigenvalue weighted by Crippen LogP contribution is -1.86. The van der Waals surface area contributed by atoms with Crippen molar-refractivity contribution in [3.8, 4) is 0 Å². The third kappa shape index (κ3) is 5.61. The quantitative estimate of drug-likeness (QED) is 0.757. The lowest BCUT2D eigenvalue weighted by atomic mass is 10.2.